The molecule has 2 aliphatic carbocycles. The van der Waals surface area contributed by atoms with Crippen LogP contribution in [0.4, 0.5) is 0 Å². The van der Waals surface area contributed by atoms with Gasteiger partial charge in [-0.15, -0.1) is 11.8 Å². The Morgan fingerprint density at radius 3 is 1.32 bits per heavy atom. The van der Waals surface area contributed by atoms with Gasteiger partial charge in [-0.2, -0.15) is 0 Å². The van der Waals surface area contributed by atoms with Gasteiger partial charge >= 0.3 is 0 Å². The van der Waals surface area contributed by atoms with Gasteiger partial charge in [0.2, 0.25) is 0 Å². The number of rotatable bonds is 2. The van der Waals surface area contributed by atoms with Gasteiger partial charge in [0.05, 0.1) is 9.49 Å². The topological polar surface area (TPSA) is 40.5 Å². The lowest BCUT2D eigenvalue weighted by Crippen LogP contribution is -2.52. The molecule has 3 heteroatoms. The van der Waals surface area contributed by atoms with Gasteiger partial charge in [-0.1, -0.05) is 64.8 Å². The summed E-state index contributed by atoms with van der Waals surface area (Å²) in [4.78, 5) is 0. The molecule has 0 fully saturated rings. The molecule has 0 spiro atoms. The van der Waals surface area contributed by atoms with Crippen LogP contribution in [0.3, 0.4) is 0 Å². The molecule has 2 aliphatic rings. The molecule has 0 aromatic heterocycles. The van der Waals surface area contributed by atoms with Crippen LogP contribution in [0.2, 0.25) is 0 Å². The van der Waals surface area contributed by atoms with Gasteiger partial charge in [-0.25, -0.2) is 0 Å². The van der Waals surface area contributed by atoms with Gasteiger partial charge in [-0.05, 0) is 49.7 Å². The number of thioether (sulfide) groups is 1. The maximum Gasteiger partial charge on any atom is 0.109 e. The summed E-state index contributed by atoms with van der Waals surface area (Å²) >= 11 is 1.74. The fraction of sp³-hybridized carbons (Fsp3) is 0.636. The summed E-state index contributed by atoms with van der Waals surface area (Å²) in [5.41, 5.74) is 1.87. The summed E-state index contributed by atoms with van der Waals surface area (Å²) in [5, 5.41) is 22.1. The molecule has 0 heterocycles. The smallest absolute Gasteiger partial charge is 0.109 e. The molecule has 0 amide bonds. The van der Waals surface area contributed by atoms with E-state index in [0.29, 0.717) is 11.5 Å². The van der Waals surface area contributed by atoms with Crippen LogP contribution < -0.4 is 0 Å². The van der Waals surface area contributed by atoms with E-state index in [-0.39, 0.29) is 10.8 Å². The summed E-state index contributed by atoms with van der Waals surface area (Å²) in [6, 6.07) is 0. The summed E-state index contributed by atoms with van der Waals surface area (Å²) in [5.74, 6) is 0.848. The maximum absolute atomic E-state index is 11.1. The van der Waals surface area contributed by atoms with E-state index >= 15 is 0 Å². The average Bonchev–Trinajstić information content (AvgIpc) is 2.42. The van der Waals surface area contributed by atoms with Crippen molar-refractivity contribution in [1.29, 1.82) is 0 Å². The fourth-order valence-electron chi connectivity index (χ4n) is 3.77. The van der Waals surface area contributed by atoms with E-state index in [2.05, 4.69) is 53.7 Å². The Bertz CT molecular complexity index is 609. The third-order valence-corrected chi connectivity index (χ3v) is 8.42. The first-order valence-corrected chi connectivity index (χ1v) is 9.93. The molecule has 2 atom stereocenters. The van der Waals surface area contributed by atoms with Crippen LogP contribution in [0.15, 0.2) is 47.0 Å². The van der Waals surface area contributed by atoms with Crippen molar-refractivity contribution in [3.8, 4) is 0 Å². The van der Waals surface area contributed by atoms with Gasteiger partial charge in [0, 0.05) is 0 Å². The molecule has 0 aliphatic heterocycles. The highest BCUT2D eigenvalue weighted by Gasteiger charge is 2.57. The third-order valence-electron chi connectivity index (χ3n) is 5.75. The summed E-state index contributed by atoms with van der Waals surface area (Å²) < 4.78 is -0.943. The second-order valence-electron chi connectivity index (χ2n) is 9.62. The van der Waals surface area contributed by atoms with Crippen molar-refractivity contribution in [2.24, 2.45) is 10.8 Å². The molecular weight excluding hydrogens is 328 g/mol. The second kappa shape index (κ2) is 6.26. The zero-order valence-electron chi connectivity index (χ0n) is 17.0. The Labute approximate surface area is 157 Å². The number of hydrogen-bond donors (Lipinski definition) is 2. The largest absolute Gasteiger partial charge is 0.511 e. The Kier molecular flexibility index (Phi) is 5.07. The lowest BCUT2D eigenvalue weighted by molar-refractivity contribution is 0.206. The molecule has 0 aromatic carbocycles. The molecule has 25 heavy (non-hydrogen) atoms. The van der Waals surface area contributed by atoms with Crippen molar-refractivity contribution < 1.29 is 10.2 Å². The van der Waals surface area contributed by atoms with Crippen LogP contribution in [0.5, 0.6) is 0 Å². The molecule has 2 rings (SSSR count). The summed E-state index contributed by atoms with van der Waals surface area (Å²) in [7, 11) is 0. The highest BCUT2D eigenvalue weighted by molar-refractivity contribution is 8.02. The number of aliphatic hydroxyl groups is 2. The molecule has 0 aromatic rings. The molecule has 140 valence electrons. The molecule has 0 bridgehead atoms. The first kappa shape index (κ1) is 20.2. The minimum atomic E-state index is -0.472. The van der Waals surface area contributed by atoms with Crippen LogP contribution in [0.25, 0.3) is 0 Å². The van der Waals surface area contributed by atoms with Crippen molar-refractivity contribution in [3.63, 3.8) is 0 Å². The number of hydrogen-bond acceptors (Lipinski definition) is 3. The van der Waals surface area contributed by atoms with E-state index in [9.17, 15) is 10.2 Å². The predicted octanol–water partition coefficient (Wildman–Crippen LogP) is 6.87. The quantitative estimate of drug-likeness (QED) is 0.563. The fourth-order valence-corrected chi connectivity index (χ4v) is 5.64. The first-order chi connectivity index (χ1) is 11.3. The lowest BCUT2D eigenvalue weighted by atomic mass is 9.73. The SMILES string of the molecule is CC1=CCC(SC2(C(C)(C)C)CC=C(C)C=C2O)(C(C)(C)C)C(O)=C1. The van der Waals surface area contributed by atoms with Crippen molar-refractivity contribution in [1.82, 2.24) is 0 Å². The van der Waals surface area contributed by atoms with Gasteiger partial charge in [0.15, 0.2) is 0 Å². The Balaban J connectivity index is 2.61. The summed E-state index contributed by atoms with van der Waals surface area (Å²) in [6.45, 7) is 17.1. The van der Waals surface area contributed by atoms with Crippen molar-refractivity contribution >= 4 is 11.8 Å². The number of aliphatic hydroxyl groups excluding tert-OH is 2. The van der Waals surface area contributed by atoms with Gasteiger partial charge in [0.1, 0.15) is 11.5 Å². The van der Waals surface area contributed by atoms with Gasteiger partial charge in [0.25, 0.3) is 0 Å². The highest BCUT2D eigenvalue weighted by Crippen LogP contribution is 2.62. The predicted molar refractivity (Wildman–Crippen MR) is 110 cm³/mol. The van der Waals surface area contributed by atoms with E-state index in [4.69, 9.17) is 0 Å². The van der Waals surface area contributed by atoms with E-state index in [1.165, 1.54) is 0 Å². The van der Waals surface area contributed by atoms with E-state index in [1.54, 1.807) is 11.8 Å². The van der Waals surface area contributed by atoms with E-state index < -0.39 is 9.49 Å². The van der Waals surface area contributed by atoms with Crippen LogP contribution in [-0.2, 0) is 0 Å². The van der Waals surface area contributed by atoms with Crippen molar-refractivity contribution in [3.05, 3.63) is 47.0 Å². The maximum atomic E-state index is 11.1. The van der Waals surface area contributed by atoms with Crippen LogP contribution >= 0.6 is 11.8 Å². The van der Waals surface area contributed by atoms with Crippen molar-refractivity contribution in [2.45, 2.75) is 77.7 Å². The molecule has 2 nitrogen and oxygen atoms in total. The zero-order valence-corrected chi connectivity index (χ0v) is 17.8. The third kappa shape index (κ3) is 3.32. The molecule has 0 saturated heterocycles. The molecular formula is C22H34O2S. The lowest BCUT2D eigenvalue weighted by Gasteiger charge is -2.54. The minimum Gasteiger partial charge on any atom is -0.511 e. The molecule has 0 radical (unpaired) electrons. The van der Waals surface area contributed by atoms with Crippen molar-refractivity contribution in [2.75, 3.05) is 0 Å². The Morgan fingerprint density at radius 1 is 0.760 bits per heavy atom. The van der Waals surface area contributed by atoms with Crippen LogP contribution in [0.1, 0.15) is 68.2 Å². The molecule has 2 unspecified atom stereocenters. The molecule has 2 N–H and O–H groups in total. The minimum absolute atomic E-state index is 0.163. The normalized spacial score (nSPS) is 31.0. The number of allylic oxidation sites excluding steroid dienone is 6. The molecule has 0 saturated carbocycles. The second-order valence-corrected chi connectivity index (χ2v) is 11.2. The van der Waals surface area contributed by atoms with Gasteiger partial charge in [-0.3, -0.25) is 0 Å². The van der Waals surface area contributed by atoms with Crippen LogP contribution in [-0.4, -0.2) is 19.7 Å². The van der Waals surface area contributed by atoms with Gasteiger partial charge < -0.3 is 10.2 Å². The highest BCUT2D eigenvalue weighted by atomic mass is 32.2. The Morgan fingerprint density at radius 2 is 1.08 bits per heavy atom. The monoisotopic (exact) mass is 362 g/mol. The van der Waals surface area contributed by atoms with Crippen LogP contribution in [0, 0.1) is 10.8 Å². The van der Waals surface area contributed by atoms with E-state index in [0.717, 1.165) is 24.0 Å². The standard InChI is InChI=1S/C22H34O2S/c1-15-9-11-21(17(23)13-15,19(3,4)5)25-22(20(6,7)8)12-10-16(2)14-18(22)24/h9-10,13-14,23-24H,11-12H2,1-8H3. The van der Waals surface area contributed by atoms with E-state index in [1.807, 2.05) is 26.0 Å². The zero-order chi connectivity index (χ0) is 19.3. The first-order valence-electron chi connectivity index (χ1n) is 9.11. The average molecular weight is 363 g/mol. The Hall–Kier alpha value is -1.09. The summed E-state index contributed by atoms with van der Waals surface area (Å²) in [6.07, 6.45) is 9.73.